The lowest BCUT2D eigenvalue weighted by atomic mass is 9.82. The van der Waals surface area contributed by atoms with Crippen molar-refractivity contribution in [1.29, 1.82) is 0 Å². The van der Waals surface area contributed by atoms with Gasteiger partial charge in [0.25, 0.3) is 11.8 Å². The second kappa shape index (κ2) is 13.9. The van der Waals surface area contributed by atoms with E-state index in [-0.39, 0.29) is 36.0 Å². The van der Waals surface area contributed by atoms with Gasteiger partial charge in [-0.3, -0.25) is 19.2 Å². The van der Waals surface area contributed by atoms with Crippen LogP contribution in [0.25, 0.3) is 0 Å². The third-order valence-electron chi connectivity index (χ3n) is 12.8. The Bertz CT molecular complexity index is 2020. The smallest absolute Gasteiger partial charge is 0.264 e. The number of aromatic nitrogens is 3. The van der Waals surface area contributed by atoms with E-state index in [1.807, 2.05) is 65.3 Å². The van der Waals surface area contributed by atoms with Crippen molar-refractivity contribution in [3.05, 3.63) is 90.3 Å². The number of amides is 2. The number of nitrogens with zero attached hydrogens (tertiary/aromatic N) is 6. The molecule has 54 heavy (non-hydrogen) atoms. The Morgan fingerprint density at radius 1 is 1.00 bits per heavy atom. The highest BCUT2D eigenvalue weighted by Crippen LogP contribution is 2.60. The number of para-hydroxylation sites is 1. The third kappa shape index (κ3) is 5.66. The van der Waals surface area contributed by atoms with Crippen molar-refractivity contribution >= 4 is 42.1 Å². The summed E-state index contributed by atoms with van der Waals surface area (Å²) in [6.45, 7) is 9.48. The molecule has 3 aromatic carbocycles. The second-order valence-electron chi connectivity index (χ2n) is 15.9. The van der Waals surface area contributed by atoms with Crippen LogP contribution < -0.4 is 29.9 Å². The highest BCUT2D eigenvalue weighted by Gasteiger charge is 2.66. The predicted octanol–water partition coefficient (Wildman–Crippen LogP) is 4.04. The molecule has 2 N–H and O–H groups in total. The number of hydrogen-bond donors (Lipinski definition) is 2. The number of aliphatic hydroxyl groups is 1. The van der Waals surface area contributed by atoms with E-state index in [9.17, 15) is 14.7 Å². The van der Waals surface area contributed by atoms with E-state index in [0.29, 0.717) is 26.1 Å². The summed E-state index contributed by atoms with van der Waals surface area (Å²) < 4.78 is 14.6. The molecule has 0 radical (unpaired) electrons. The lowest BCUT2D eigenvalue weighted by Gasteiger charge is -2.39. The van der Waals surface area contributed by atoms with E-state index in [0.717, 1.165) is 60.0 Å². The van der Waals surface area contributed by atoms with Crippen LogP contribution in [-0.4, -0.2) is 92.2 Å². The van der Waals surface area contributed by atoms with Crippen LogP contribution >= 0.6 is 0 Å². The van der Waals surface area contributed by atoms with Crippen molar-refractivity contribution in [2.24, 2.45) is 5.92 Å². The number of methoxy groups -OCH3 is 1. The van der Waals surface area contributed by atoms with Gasteiger partial charge in [-0.15, -0.1) is 5.10 Å². The van der Waals surface area contributed by atoms with Crippen LogP contribution in [0.5, 0.6) is 5.75 Å². The normalized spacial score (nSPS) is 25.0. The molecule has 4 aliphatic rings. The number of likely N-dealkylation sites (N-methyl/N-ethyl adjacent to an activating group) is 1. The maximum atomic E-state index is 14.8. The van der Waals surface area contributed by atoms with Gasteiger partial charge in [0, 0.05) is 55.7 Å². The Morgan fingerprint density at radius 2 is 1.74 bits per heavy atom. The van der Waals surface area contributed by atoms with E-state index in [2.05, 4.69) is 70.9 Å². The van der Waals surface area contributed by atoms with Crippen molar-refractivity contribution in [1.82, 2.24) is 20.3 Å². The summed E-state index contributed by atoms with van der Waals surface area (Å²) >= 11 is 0. The molecule has 0 aliphatic carbocycles. The number of carbonyl (C=O) groups is 2. The molecule has 284 valence electrons. The maximum Gasteiger partial charge on any atom is 0.264 e. The molecule has 4 atom stereocenters. The van der Waals surface area contributed by atoms with Crippen molar-refractivity contribution in [2.45, 2.75) is 75.0 Å². The van der Waals surface area contributed by atoms with Crippen LogP contribution in [0.2, 0.25) is 18.6 Å². The predicted molar refractivity (Wildman–Crippen MR) is 211 cm³/mol. The average Bonchev–Trinajstić information content (AvgIpc) is 3.90. The number of carbonyl (C=O) groups excluding carboxylic acids is 2. The fourth-order valence-electron chi connectivity index (χ4n) is 9.95. The van der Waals surface area contributed by atoms with Crippen molar-refractivity contribution in [3.8, 4) is 5.75 Å². The quantitative estimate of drug-likeness (QED) is 0.231. The molecule has 4 aromatic rings. The summed E-state index contributed by atoms with van der Waals surface area (Å²) in [5.74, 6) is 0.648. The number of ether oxygens (including phenoxy) is 2. The highest BCUT2D eigenvalue weighted by molar-refractivity contribution is 6.91. The topological polar surface area (TPSA) is 125 Å². The van der Waals surface area contributed by atoms with Gasteiger partial charge in [-0.2, -0.15) is 0 Å². The van der Waals surface area contributed by atoms with E-state index in [1.165, 1.54) is 5.19 Å². The number of aryl methyl sites for hydroxylation is 1. The molecule has 0 saturated carbocycles. The highest BCUT2D eigenvalue weighted by atomic mass is 28.3. The largest absolute Gasteiger partial charge is 0.497 e. The molecule has 1 aromatic heterocycles. The summed E-state index contributed by atoms with van der Waals surface area (Å²) in [4.78, 5) is 35.4. The molecule has 2 spiro atoms. The Balaban J connectivity index is 1.19. The maximum absolute atomic E-state index is 14.8. The molecule has 3 saturated heterocycles. The zero-order valence-corrected chi connectivity index (χ0v) is 32.9. The average molecular weight is 750 g/mol. The summed E-state index contributed by atoms with van der Waals surface area (Å²) in [5, 5.41) is 22.7. The van der Waals surface area contributed by atoms with Crippen molar-refractivity contribution < 1.29 is 24.2 Å². The van der Waals surface area contributed by atoms with Crippen LogP contribution in [0, 0.1) is 5.92 Å². The number of rotatable bonds is 10. The minimum Gasteiger partial charge on any atom is -0.497 e. The molecule has 3 fully saturated rings. The minimum atomic E-state index is -2.35. The van der Waals surface area contributed by atoms with Crippen molar-refractivity contribution in [2.75, 3.05) is 55.2 Å². The van der Waals surface area contributed by atoms with Gasteiger partial charge in [-0.05, 0) is 80.4 Å². The van der Waals surface area contributed by atoms with Gasteiger partial charge in [0.1, 0.15) is 11.3 Å². The fraction of sp³-hybridized carbons (Fsp3) is 0.463. The molecule has 13 heteroatoms. The van der Waals surface area contributed by atoms with Gasteiger partial charge in [0.05, 0.1) is 39.3 Å². The monoisotopic (exact) mass is 749 g/mol. The number of aliphatic hydroxyl groups excluding tert-OH is 1. The molecule has 12 nitrogen and oxygen atoms in total. The summed E-state index contributed by atoms with van der Waals surface area (Å²) in [5.41, 5.74) is 2.36. The zero-order chi connectivity index (χ0) is 37.8. The Hall–Kier alpha value is -4.56. The van der Waals surface area contributed by atoms with E-state index in [4.69, 9.17) is 9.47 Å². The zero-order valence-electron chi connectivity index (χ0n) is 31.9. The SMILES string of the molecule is COc1ccc([Si](C)(C)[C@@H]2[C@@H](CCn3cc(CCO)nn3)O[C@]3(C(=O)N(C)c4ccc(N5CN(c6ccccc6)C6(CCNCC6)C5=O)cc43)[C@H]2C)cc1. The number of hydrogen-bond acceptors (Lipinski definition) is 9. The molecule has 5 heterocycles. The van der Waals surface area contributed by atoms with Crippen LogP contribution in [0.4, 0.5) is 17.1 Å². The first kappa shape index (κ1) is 36.4. The van der Waals surface area contributed by atoms with Gasteiger partial charge >= 0.3 is 0 Å². The van der Waals surface area contributed by atoms with E-state index < -0.39 is 19.2 Å². The first-order valence-corrected chi connectivity index (χ1v) is 22.2. The first-order chi connectivity index (χ1) is 26.0. The van der Waals surface area contributed by atoms with Gasteiger partial charge in [0.2, 0.25) is 0 Å². The van der Waals surface area contributed by atoms with Gasteiger partial charge in [0.15, 0.2) is 5.60 Å². The Morgan fingerprint density at radius 3 is 2.44 bits per heavy atom. The minimum absolute atomic E-state index is 0.0106. The number of fused-ring (bicyclic) bond motifs is 2. The third-order valence-corrected chi connectivity index (χ3v) is 17.2. The number of anilines is 3. The van der Waals surface area contributed by atoms with E-state index >= 15 is 0 Å². The van der Waals surface area contributed by atoms with Crippen LogP contribution in [0.15, 0.2) is 79.0 Å². The molecule has 2 amide bonds. The summed E-state index contributed by atoms with van der Waals surface area (Å²) in [6, 6.07) is 24.6. The lowest BCUT2D eigenvalue weighted by Crippen LogP contribution is -2.55. The Kier molecular flexibility index (Phi) is 9.40. The van der Waals surface area contributed by atoms with Gasteiger partial charge in [-0.1, -0.05) is 60.7 Å². The van der Waals surface area contributed by atoms with Crippen LogP contribution in [0.1, 0.15) is 37.4 Å². The van der Waals surface area contributed by atoms with Gasteiger partial charge in [-0.25, -0.2) is 0 Å². The number of benzene rings is 3. The standard InChI is InChI=1S/C41H51N7O5Si/c1-28-37(54(4,5)33-14-12-32(52-3)13-15-33)36(17-23-46-26-29(18-24-49)43-44-46)53-41(28)34-25-31(11-16-35(34)45(2)39(41)51)47-27-48(30-9-7-6-8-10-30)40(38(47)50)19-21-42-22-20-40/h6-16,25-26,28,36-37,42,49H,17-24,27H2,1-5H3/t28-,36+,37-,41+/m0/s1. The van der Waals surface area contributed by atoms with E-state index in [1.54, 1.807) is 12.0 Å². The van der Waals surface area contributed by atoms with Crippen LogP contribution in [-0.2, 0) is 32.9 Å². The Labute approximate surface area is 318 Å². The number of piperidine rings is 1. The number of nitrogens with one attached hydrogen (secondary N) is 1. The molecular formula is C41H51N7O5Si. The lowest BCUT2D eigenvalue weighted by molar-refractivity contribution is -0.145. The summed E-state index contributed by atoms with van der Waals surface area (Å²) in [6.07, 6.45) is 4.12. The molecule has 0 bridgehead atoms. The molecule has 4 aliphatic heterocycles. The first-order valence-electron chi connectivity index (χ1n) is 19.2. The molecule has 8 rings (SSSR count). The molecular weight excluding hydrogens is 699 g/mol. The summed E-state index contributed by atoms with van der Waals surface area (Å²) in [7, 11) is 1.16. The fourth-order valence-corrected chi connectivity index (χ4v) is 14.0. The van der Waals surface area contributed by atoms with Gasteiger partial charge < -0.3 is 29.7 Å². The van der Waals surface area contributed by atoms with Crippen molar-refractivity contribution in [3.63, 3.8) is 0 Å². The molecule has 0 unspecified atom stereocenters. The second-order valence-corrected chi connectivity index (χ2v) is 20.6. The van der Waals surface area contributed by atoms with Crippen LogP contribution in [0.3, 0.4) is 0 Å².